The number of hydrogen-bond acceptors (Lipinski definition) is 6. The highest BCUT2D eigenvalue weighted by Crippen LogP contribution is 2.38. The summed E-state index contributed by atoms with van der Waals surface area (Å²) in [7, 11) is 5.26. The molecule has 1 heterocycles. The fraction of sp³-hybridized carbons (Fsp3) is 0.875. The Kier molecular flexibility index (Phi) is 7.44. The third kappa shape index (κ3) is 5.66. The fourth-order valence-electron chi connectivity index (χ4n) is 2.35. The van der Waals surface area contributed by atoms with E-state index in [1.54, 1.807) is 37.7 Å². The predicted molar refractivity (Wildman–Crippen MR) is 98.8 cm³/mol. The molecule has 0 aromatic carbocycles. The first kappa shape index (κ1) is 20.8. The summed E-state index contributed by atoms with van der Waals surface area (Å²) < 4.78 is 5.39. The van der Waals surface area contributed by atoms with Crippen molar-refractivity contribution >= 4 is 35.2 Å². The van der Waals surface area contributed by atoms with Crippen LogP contribution in [0, 0.1) is 5.92 Å². The molecule has 0 aliphatic carbocycles. The minimum absolute atomic E-state index is 0.0321. The average molecular weight is 363 g/mol. The summed E-state index contributed by atoms with van der Waals surface area (Å²) in [5.41, 5.74) is 0. The van der Waals surface area contributed by atoms with Crippen LogP contribution in [0.25, 0.3) is 0 Å². The molecule has 134 valence electrons. The first-order valence-corrected chi connectivity index (χ1v) is 9.81. The van der Waals surface area contributed by atoms with Crippen molar-refractivity contribution in [2.75, 3.05) is 32.7 Å². The Labute approximate surface area is 148 Å². The molecule has 23 heavy (non-hydrogen) atoms. The summed E-state index contributed by atoms with van der Waals surface area (Å²) >= 11 is 3.35. The third-order valence-corrected chi connectivity index (χ3v) is 7.38. The van der Waals surface area contributed by atoms with Crippen LogP contribution < -0.4 is 5.32 Å². The molecule has 1 rings (SSSR count). The molecule has 1 aliphatic heterocycles. The lowest BCUT2D eigenvalue weighted by Crippen LogP contribution is -2.44. The van der Waals surface area contributed by atoms with Crippen LogP contribution in [0.3, 0.4) is 0 Å². The van der Waals surface area contributed by atoms with Gasteiger partial charge in [0.1, 0.15) is 4.93 Å². The minimum Gasteiger partial charge on any atom is -0.368 e. The van der Waals surface area contributed by atoms with Crippen molar-refractivity contribution in [1.82, 2.24) is 10.2 Å². The van der Waals surface area contributed by atoms with Crippen LogP contribution in [0.4, 0.5) is 0 Å². The van der Waals surface area contributed by atoms with E-state index in [2.05, 4.69) is 24.1 Å². The van der Waals surface area contributed by atoms with E-state index in [9.17, 15) is 9.59 Å². The van der Waals surface area contributed by atoms with E-state index in [-0.39, 0.29) is 39.9 Å². The lowest BCUT2D eigenvalue weighted by atomic mass is 9.99. The molecule has 0 radical (unpaired) electrons. The average Bonchev–Trinajstić information content (AvgIpc) is 2.76. The molecule has 0 spiro atoms. The van der Waals surface area contributed by atoms with Gasteiger partial charge in [-0.15, -0.1) is 23.5 Å². The maximum atomic E-state index is 12.7. The standard InChI is InChI=1S/C16H30N2O3S2/c1-15(2)18(6)12(10-22-15)13(19)8-11(14(20)17-5)9-23-16(3,4)21-7/h11-12H,8-10H2,1-7H3,(H,17,20)/t11-,12-/m0/s1. The number of methoxy groups -OCH3 is 1. The molecule has 2 atom stereocenters. The second-order valence-electron chi connectivity index (χ2n) is 6.78. The van der Waals surface area contributed by atoms with Gasteiger partial charge >= 0.3 is 0 Å². The highest BCUT2D eigenvalue weighted by Gasteiger charge is 2.41. The molecule has 0 bridgehead atoms. The highest BCUT2D eigenvalue weighted by atomic mass is 32.2. The lowest BCUT2D eigenvalue weighted by Gasteiger charge is -2.30. The Morgan fingerprint density at radius 1 is 1.48 bits per heavy atom. The summed E-state index contributed by atoms with van der Waals surface area (Å²) in [6.45, 7) is 8.17. The number of amides is 1. The normalized spacial score (nSPS) is 22.8. The van der Waals surface area contributed by atoms with Crippen LogP contribution in [0.2, 0.25) is 0 Å². The Morgan fingerprint density at radius 3 is 2.52 bits per heavy atom. The number of likely N-dealkylation sites (N-methyl/N-ethyl adjacent to an activating group) is 1. The molecular formula is C16H30N2O3S2. The van der Waals surface area contributed by atoms with E-state index in [4.69, 9.17) is 4.74 Å². The van der Waals surface area contributed by atoms with Gasteiger partial charge in [-0.1, -0.05) is 0 Å². The topological polar surface area (TPSA) is 58.6 Å². The number of nitrogens with zero attached hydrogens (tertiary/aromatic N) is 1. The number of rotatable bonds is 8. The Bertz CT molecular complexity index is 441. The van der Waals surface area contributed by atoms with Crippen molar-refractivity contribution in [2.45, 2.75) is 50.0 Å². The van der Waals surface area contributed by atoms with Gasteiger partial charge in [0, 0.05) is 32.1 Å². The Balaban J connectivity index is 2.70. The first-order valence-electron chi connectivity index (χ1n) is 7.84. The van der Waals surface area contributed by atoms with E-state index in [1.165, 1.54) is 0 Å². The number of ether oxygens (including phenoxy) is 1. The van der Waals surface area contributed by atoms with Crippen molar-refractivity contribution in [3.8, 4) is 0 Å². The highest BCUT2D eigenvalue weighted by molar-refractivity contribution is 8.01. The molecule has 7 heteroatoms. The molecule has 0 unspecified atom stereocenters. The maximum absolute atomic E-state index is 12.7. The lowest BCUT2D eigenvalue weighted by molar-refractivity contribution is -0.130. The fourth-order valence-corrected chi connectivity index (χ4v) is 4.65. The largest absolute Gasteiger partial charge is 0.368 e. The van der Waals surface area contributed by atoms with Crippen molar-refractivity contribution in [1.29, 1.82) is 0 Å². The number of nitrogens with one attached hydrogen (secondary N) is 1. The molecule has 0 aromatic rings. The molecule has 1 saturated heterocycles. The zero-order valence-corrected chi connectivity index (χ0v) is 16.9. The summed E-state index contributed by atoms with van der Waals surface area (Å²) in [5.74, 6) is 1.10. The molecule has 1 fully saturated rings. The molecule has 5 nitrogen and oxygen atoms in total. The van der Waals surface area contributed by atoms with Gasteiger partial charge in [0.05, 0.1) is 16.8 Å². The van der Waals surface area contributed by atoms with Gasteiger partial charge in [0.25, 0.3) is 0 Å². The maximum Gasteiger partial charge on any atom is 0.224 e. The molecular weight excluding hydrogens is 332 g/mol. The second kappa shape index (κ2) is 8.23. The van der Waals surface area contributed by atoms with Gasteiger partial charge in [0.15, 0.2) is 5.78 Å². The Hall–Kier alpha value is -0.240. The second-order valence-corrected chi connectivity index (χ2v) is 10.0. The number of ketones is 1. The predicted octanol–water partition coefficient (Wildman–Crippen LogP) is 2.21. The third-order valence-electron chi connectivity index (χ3n) is 4.47. The summed E-state index contributed by atoms with van der Waals surface area (Å²) in [5, 5.41) is 2.68. The van der Waals surface area contributed by atoms with Crippen LogP contribution in [-0.4, -0.2) is 65.1 Å². The molecule has 0 saturated carbocycles. The van der Waals surface area contributed by atoms with Crippen molar-refractivity contribution in [2.24, 2.45) is 5.92 Å². The number of carbonyl (C=O) groups excluding carboxylic acids is 2. The van der Waals surface area contributed by atoms with Gasteiger partial charge < -0.3 is 10.1 Å². The summed E-state index contributed by atoms with van der Waals surface area (Å²) in [6.07, 6.45) is 0.276. The SMILES string of the molecule is CNC(=O)[C@H](CSC(C)(C)OC)CC(=O)[C@@H]1CSC(C)(C)N1C. The molecule has 1 amide bonds. The zero-order valence-electron chi connectivity index (χ0n) is 15.3. The molecule has 0 aromatic heterocycles. The monoisotopic (exact) mass is 362 g/mol. The van der Waals surface area contributed by atoms with Gasteiger partial charge in [-0.05, 0) is 34.7 Å². The van der Waals surface area contributed by atoms with E-state index in [0.29, 0.717) is 5.75 Å². The van der Waals surface area contributed by atoms with Crippen molar-refractivity contribution in [3.05, 3.63) is 0 Å². The Morgan fingerprint density at radius 2 is 2.09 bits per heavy atom. The van der Waals surface area contributed by atoms with E-state index >= 15 is 0 Å². The van der Waals surface area contributed by atoms with Gasteiger partial charge in [0.2, 0.25) is 5.91 Å². The van der Waals surface area contributed by atoms with E-state index in [1.807, 2.05) is 20.9 Å². The number of carbonyl (C=O) groups is 2. The first-order chi connectivity index (χ1) is 10.5. The van der Waals surface area contributed by atoms with Crippen LogP contribution >= 0.6 is 23.5 Å². The summed E-state index contributed by atoms with van der Waals surface area (Å²) in [4.78, 5) is 26.6. The van der Waals surface area contributed by atoms with Crippen LogP contribution in [0.5, 0.6) is 0 Å². The number of thioether (sulfide) groups is 2. The van der Waals surface area contributed by atoms with Gasteiger partial charge in [-0.3, -0.25) is 14.5 Å². The van der Waals surface area contributed by atoms with Gasteiger partial charge in [-0.2, -0.15) is 0 Å². The quantitative estimate of drug-likeness (QED) is 0.668. The van der Waals surface area contributed by atoms with E-state index < -0.39 is 0 Å². The van der Waals surface area contributed by atoms with Crippen LogP contribution in [-0.2, 0) is 14.3 Å². The van der Waals surface area contributed by atoms with Crippen LogP contribution in [0.15, 0.2) is 0 Å². The number of Topliss-reactive ketones (excluding diaryl/α,β-unsaturated/α-hetero) is 1. The molecule has 1 N–H and O–H groups in total. The van der Waals surface area contributed by atoms with Gasteiger partial charge in [-0.25, -0.2) is 0 Å². The summed E-state index contributed by atoms with van der Waals surface area (Å²) in [6, 6.07) is -0.109. The molecule has 1 aliphatic rings. The van der Waals surface area contributed by atoms with Crippen molar-refractivity contribution < 1.29 is 14.3 Å². The van der Waals surface area contributed by atoms with E-state index in [0.717, 1.165) is 5.75 Å². The minimum atomic E-state index is -0.364. The zero-order chi connectivity index (χ0) is 17.8. The smallest absolute Gasteiger partial charge is 0.224 e. The van der Waals surface area contributed by atoms with Crippen LogP contribution in [0.1, 0.15) is 34.1 Å². The number of hydrogen-bond donors (Lipinski definition) is 1. The van der Waals surface area contributed by atoms with Crippen molar-refractivity contribution in [3.63, 3.8) is 0 Å².